The molecular weight excluding hydrogens is 490 g/mol. The van der Waals surface area contributed by atoms with E-state index in [0.29, 0.717) is 6.07 Å². The summed E-state index contributed by atoms with van der Waals surface area (Å²) < 4.78 is 76.7. The van der Waals surface area contributed by atoms with Crippen LogP contribution < -0.4 is 9.62 Å². The quantitative estimate of drug-likeness (QED) is 0.484. The molecule has 1 aromatic carbocycles. The van der Waals surface area contributed by atoms with E-state index < -0.39 is 46.2 Å². The third-order valence-corrected chi connectivity index (χ3v) is 8.44. The van der Waals surface area contributed by atoms with Gasteiger partial charge in [0.1, 0.15) is 23.6 Å². The fourth-order valence-corrected chi connectivity index (χ4v) is 5.63. The molecule has 0 bridgehead atoms. The Balaban J connectivity index is 1.51. The third-order valence-electron chi connectivity index (χ3n) is 6.52. The van der Waals surface area contributed by atoms with E-state index in [-0.39, 0.29) is 53.3 Å². The summed E-state index contributed by atoms with van der Waals surface area (Å²) in [5.74, 6) is -4.68. The second kappa shape index (κ2) is 8.35. The lowest BCUT2D eigenvalue weighted by atomic mass is 10.0. The highest BCUT2D eigenvalue weighted by molar-refractivity contribution is 8.26. The molecule has 0 aliphatic carbocycles. The van der Waals surface area contributed by atoms with Gasteiger partial charge in [0.25, 0.3) is 5.92 Å². The van der Waals surface area contributed by atoms with Crippen molar-refractivity contribution in [1.29, 1.82) is 0 Å². The molecule has 2 amide bonds. The molecule has 0 saturated carbocycles. The van der Waals surface area contributed by atoms with Gasteiger partial charge >= 0.3 is 6.03 Å². The molecule has 0 radical (unpaired) electrons. The van der Waals surface area contributed by atoms with E-state index in [1.807, 2.05) is 0 Å². The minimum atomic E-state index is -3.24. The van der Waals surface area contributed by atoms with Crippen LogP contribution in [0.15, 0.2) is 35.0 Å². The summed E-state index contributed by atoms with van der Waals surface area (Å²) in [6.07, 6.45) is 2.30. The summed E-state index contributed by atoms with van der Waals surface area (Å²) in [7, 11) is -2.44. The van der Waals surface area contributed by atoms with E-state index in [0.717, 1.165) is 11.1 Å². The molecule has 188 valence electrons. The Bertz CT molecular complexity index is 1300. The van der Waals surface area contributed by atoms with Crippen LogP contribution in [0.2, 0.25) is 0 Å². The molecule has 13 heteroatoms. The van der Waals surface area contributed by atoms with E-state index in [9.17, 15) is 18.1 Å². The molecule has 8 nitrogen and oxygen atoms in total. The lowest BCUT2D eigenvalue weighted by Crippen LogP contribution is -2.56. The first-order chi connectivity index (χ1) is 16.5. The van der Waals surface area contributed by atoms with Crippen molar-refractivity contribution in [3.63, 3.8) is 0 Å². The number of benzene rings is 1. The average molecular weight is 514 g/mol. The van der Waals surface area contributed by atoms with Crippen LogP contribution in [-0.2, 0) is 0 Å². The SMILES string of the molecule is CCS(C)(O)N[C@@H]1CN2C(=O)N(c3noc4cccc(-c5ncc(F)cc5F)c34)CC[C@@H]2C1(F)F. The zero-order valence-electron chi connectivity index (χ0n) is 18.8. The van der Waals surface area contributed by atoms with Crippen molar-refractivity contribution in [2.45, 2.75) is 31.4 Å². The number of aromatic nitrogens is 2. The van der Waals surface area contributed by atoms with Gasteiger partial charge in [-0.15, -0.1) is 0 Å². The number of halogens is 4. The lowest BCUT2D eigenvalue weighted by Gasteiger charge is -2.38. The van der Waals surface area contributed by atoms with E-state index in [4.69, 9.17) is 4.52 Å². The highest BCUT2D eigenvalue weighted by atomic mass is 32.3. The number of rotatable bonds is 5. The number of alkyl halides is 2. The highest BCUT2D eigenvalue weighted by Crippen LogP contribution is 2.45. The molecule has 2 saturated heterocycles. The van der Waals surface area contributed by atoms with Crippen LogP contribution in [0.4, 0.5) is 28.2 Å². The van der Waals surface area contributed by atoms with Crippen molar-refractivity contribution in [2.24, 2.45) is 0 Å². The maximum absolute atomic E-state index is 15.2. The third kappa shape index (κ3) is 3.91. The van der Waals surface area contributed by atoms with Crippen LogP contribution in [0.3, 0.4) is 0 Å². The number of hydrogen-bond donors (Lipinski definition) is 2. The zero-order valence-corrected chi connectivity index (χ0v) is 19.7. The summed E-state index contributed by atoms with van der Waals surface area (Å²) >= 11 is 0. The number of hydrogen-bond acceptors (Lipinski definition) is 6. The Morgan fingerprint density at radius 3 is 2.83 bits per heavy atom. The lowest BCUT2D eigenvalue weighted by molar-refractivity contribution is -0.0448. The Morgan fingerprint density at radius 2 is 2.11 bits per heavy atom. The summed E-state index contributed by atoms with van der Waals surface area (Å²) in [5.41, 5.74) is 0.289. The normalized spacial score (nSPS) is 24.5. The molecule has 2 aliphatic heterocycles. The van der Waals surface area contributed by atoms with Crippen molar-refractivity contribution in [3.8, 4) is 11.3 Å². The minimum absolute atomic E-state index is 0.0375. The van der Waals surface area contributed by atoms with Crippen LogP contribution in [0.1, 0.15) is 13.3 Å². The molecule has 2 fully saturated rings. The van der Waals surface area contributed by atoms with Crippen molar-refractivity contribution in [3.05, 3.63) is 42.1 Å². The molecule has 4 heterocycles. The van der Waals surface area contributed by atoms with Crippen LogP contribution in [-0.4, -0.2) is 68.7 Å². The van der Waals surface area contributed by atoms with Gasteiger partial charge in [0.2, 0.25) is 0 Å². The Kier molecular flexibility index (Phi) is 5.68. The number of carbonyl (C=O) groups is 1. The van der Waals surface area contributed by atoms with Gasteiger partial charge < -0.3 is 14.0 Å². The minimum Gasteiger partial charge on any atom is -0.354 e. The molecule has 1 unspecified atom stereocenters. The Morgan fingerprint density at radius 1 is 1.34 bits per heavy atom. The van der Waals surface area contributed by atoms with Crippen molar-refractivity contribution in [2.75, 3.05) is 30.0 Å². The molecule has 3 atom stereocenters. The van der Waals surface area contributed by atoms with Gasteiger partial charge in [-0.3, -0.25) is 14.6 Å². The predicted molar refractivity (Wildman–Crippen MR) is 124 cm³/mol. The number of nitrogens with zero attached hydrogens (tertiary/aromatic N) is 4. The molecule has 35 heavy (non-hydrogen) atoms. The first-order valence-corrected chi connectivity index (χ1v) is 13.1. The molecular formula is C22H23F4N5O3S. The molecule has 2 aliphatic rings. The summed E-state index contributed by atoms with van der Waals surface area (Å²) in [6.45, 7) is 1.32. The maximum atomic E-state index is 15.2. The predicted octanol–water partition coefficient (Wildman–Crippen LogP) is 4.62. The summed E-state index contributed by atoms with van der Waals surface area (Å²) in [6, 6.07) is 1.92. The fraction of sp³-hybridized carbons (Fsp3) is 0.409. The number of amides is 2. The van der Waals surface area contributed by atoms with Crippen molar-refractivity contribution < 1.29 is 31.4 Å². The van der Waals surface area contributed by atoms with Gasteiger partial charge in [-0.05, 0) is 18.7 Å². The number of anilines is 1. The second-order valence-corrected chi connectivity index (χ2v) is 11.6. The molecule has 2 aromatic heterocycles. The van der Waals surface area contributed by atoms with Gasteiger partial charge in [0, 0.05) is 30.5 Å². The van der Waals surface area contributed by atoms with Gasteiger partial charge in [0.05, 0.1) is 11.6 Å². The topological polar surface area (TPSA) is 94.7 Å². The van der Waals surface area contributed by atoms with Crippen molar-refractivity contribution >= 4 is 33.3 Å². The summed E-state index contributed by atoms with van der Waals surface area (Å²) in [4.78, 5) is 19.5. The first-order valence-electron chi connectivity index (χ1n) is 10.9. The first kappa shape index (κ1) is 23.8. The Hall–Kier alpha value is -2.90. The average Bonchev–Trinajstić information content (AvgIpc) is 3.34. The number of fused-ring (bicyclic) bond motifs is 2. The van der Waals surface area contributed by atoms with E-state index in [1.54, 1.807) is 19.1 Å². The Labute approximate surface area is 199 Å². The number of pyridine rings is 1. The number of carbonyl (C=O) groups excluding carboxylic acids is 1. The van der Waals surface area contributed by atoms with Crippen LogP contribution >= 0.6 is 10.5 Å². The number of urea groups is 1. The van der Waals surface area contributed by atoms with E-state index in [2.05, 4.69) is 14.9 Å². The van der Waals surface area contributed by atoms with Gasteiger partial charge in [-0.2, -0.15) is 0 Å². The maximum Gasteiger partial charge on any atom is 0.326 e. The van der Waals surface area contributed by atoms with E-state index in [1.165, 1.54) is 17.2 Å². The fourth-order valence-electron chi connectivity index (χ4n) is 4.62. The second-order valence-electron chi connectivity index (χ2n) is 8.73. The van der Waals surface area contributed by atoms with Crippen molar-refractivity contribution in [1.82, 2.24) is 19.8 Å². The largest absolute Gasteiger partial charge is 0.354 e. The van der Waals surface area contributed by atoms with Gasteiger partial charge in [-0.1, -0.05) is 34.7 Å². The standard InChI is InChI=1S/C22H23F4N5O3S/c1-3-35(2,33)29-16-11-31-17(22(16,25)26)7-8-30(21(31)32)20-18-13(5-4-6-15(18)34-28-20)19-14(24)9-12(23)10-27-19/h4-6,9-10,16-17,29,33H,3,7-8,11H2,1-2H3/t16-,17-/m1/s1. The smallest absolute Gasteiger partial charge is 0.326 e. The van der Waals surface area contributed by atoms with Crippen LogP contribution in [0.25, 0.3) is 22.2 Å². The molecule has 3 aromatic rings. The van der Waals surface area contributed by atoms with Crippen LogP contribution in [0, 0.1) is 11.6 Å². The van der Waals surface area contributed by atoms with E-state index >= 15 is 8.78 Å². The zero-order chi connectivity index (χ0) is 25.1. The van der Waals surface area contributed by atoms with Gasteiger partial charge in [0.15, 0.2) is 17.2 Å². The highest BCUT2D eigenvalue weighted by Gasteiger charge is 2.60. The van der Waals surface area contributed by atoms with Crippen LogP contribution in [0.5, 0.6) is 0 Å². The monoisotopic (exact) mass is 513 g/mol. The molecule has 2 N–H and O–H groups in total. The molecule has 0 spiro atoms. The van der Waals surface area contributed by atoms with Gasteiger partial charge in [-0.25, -0.2) is 22.4 Å². The summed E-state index contributed by atoms with van der Waals surface area (Å²) in [5, 5.41) is 4.25. The number of nitrogens with one attached hydrogen (secondary N) is 1. The molecule has 5 rings (SSSR count).